The molecule has 0 N–H and O–H groups in total. The number of rotatable bonds is 4. The molecule has 0 saturated heterocycles. The van der Waals surface area contributed by atoms with E-state index in [1.54, 1.807) is 54.4 Å². The first-order chi connectivity index (χ1) is 12.2. The van der Waals surface area contributed by atoms with Crippen LogP contribution in [0.5, 0.6) is 17.4 Å². The lowest BCUT2D eigenvalue weighted by molar-refractivity contribution is 0.412. The maximum absolute atomic E-state index is 13.1. The summed E-state index contributed by atoms with van der Waals surface area (Å²) in [5, 5.41) is 4.97. The van der Waals surface area contributed by atoms with Gasteiger partial charge in [-0.3, -0.25) is 0 Å². The van der Waals surface area contributed by atoms with E-state index in [4.69, 9.17) is 9.47 Å². The maximum Gasteiger partial charge on any atom is 0.233 e. The van der Waals surface area contributed by atoms with Crippen LogP contribution in [0.1, 0.15) is 0 Å². The summed E-state index contributed by atoms with van der Waals surface area (Å²) in [5.41, 5.74) is 1.27. The normalized spacial score (nSPS) is 10.8. The van der Waals surface area contributed by atoms with Gasteiger partial charge >= 0.3 is 0 Å². The first-order valence-electron chi connectivity index (χ1n) is 7.51. The second-order valence-corrected chi connectivity index (χ2v) is 5.23. The Hall–Kier alpha value is -3.48. The van der Waals surface area contributed by atoms with Gasteiger partial charge in [0.05, 0.1) is 19.0 Å². The Morgan fingerprint density at radius 3 is 2.36 bits per heavy atom. The third-order valence-electron chi connectivity index (χ3n) is 3.67. The summed E-state index contributed by atoms with van der Waals surface area (Å²) < 4.78 is 25.7. The first-order valence-corrected chi connectivity index (χ1v) is 7.51. The fourth-order valence-electron chi connectivity index (χ4n) is 2.43. The fraction of sp³-hybridized carbons (Fsp3) is 0.0556. The minimum Gasteiger partial charge on any atom is -0.497 e. The highest BCUT2D eigenvalue weighted by Crippen LogP contribution is 2.28. The number of nitrogens with zero attached hydrogens (tertiary/aromatic N) is 4. The molecule has 7 heteroatoms. The molecule has 2 aromatic heterocycles. The van der Waals surface area contributed by atoms with Crippen molar-refractivity contribution in [3.8, 4) is 23.1 Å². The quantitative estimate of drug-likeness (QED) is 0.568. The van der Waals surface area contributed by atoms with Crippen molar-refractivity contribution in [1.29, 1.82) is 0 Å². The monoisotopic (exact) mass is 336 g/mol. The van der Waals surface area contributed by atoms with E-state index in [-0.39, 0.29) is 5.82 Å². The van der Waals surface area contributed by atoms with Crippen molar-refractivity contribution >= 4 is 11.0 Å². The second-order valence-electron chi connectivity index (χ2n) is 5.23. The molecule has 0 saturated carbocycles. The van der Waals surface area contributed by atoms with Gasteiger partial charge in [-0.05, 0) is 48.5 Å². The Morgan fingerprint density at radius 2 is 1.64 bits per heavy atom. The van der Waals surface area contributed by atoms with Crippen molar-refractivity contribution in [2.75, 3.05) is 7.11 Å². The van der Waals surface area contributed by atoms with Crippen LogP contribution in [-0.4, -0.2) is 26.9 Å². The Morgan fingerprint density at radius 1 is 0.920 bits per heavy atom. The van der Waals surface area contributed by atoms with Gasteiger partial charge in [0, 0.05) is 0 Å². The minimum atomic E-state index is -0.307. The summed E-state index contributed by atoms with van der Waals surface area (Å²) in [6, 6.07) is 13.2. The molecule has 0 spiro atoms. The largest absolute Gasteiger partial charge is 0.497 e. The van der Waals surface area contributed by atoms with Gasteiger partial charge in [-0.25, -0.2) is 19.0 Å². The molecule has 0 bridgehead atoms. The Balaban J connectivity index is 1.72. The van der Waals surface area contributed by atoms with E-state index in [1.807, 2.05) is 0 Å². The lowest BCUT2D eigenvalue weighted by atomic mass is 10.3. The smallest absolute Gasteiger partial charge is 0.233 e. The Kier molecular flexibility index (Phi) is 3.74. The van der Waals surface area contributed by atoms with E-state index in [9.17, 15) is 4.39 Å². The van der Waals surface area contributed by atoms with E-state index in [0.29, 0.717) is 28.4 Å². The molecule has 4 aromatic rings. The summed E-state index contributed by atoms with van der Waals surface area (Å²) >= 11 is 0. The molecule has 2 heterocycles. The average Bonchev–Trinajstić information content (AvgIpc) is 3.08. The zero-order chi connectivity index (χ0) is 17.2. The van der Waals surface area contributed by atoms with Crippen LogP contribution < -0.4 is 9.47 Å². The van der Waals surface area contributed by atoms with Gasteiger partial charge in [0.15, 0.2) is 5.65 Å². The molecular weight excluding hydrogens is 323 g/mol. The minimum absolute atomic E-state index is 0.307. The van der Waals surface area contributed by atoms with Gasteiger partial charge in [0.1, 0.15) is 29.0 Å². The molecule has 4 rings (SSSR count). The molecule has 0 fully saturated rings. The average molecular weight is 336 g/mol. The lowest BCUT2D eigenvalue weighted by Gasteiger charge is -2.07. The predicted octanol–water partition coefficient (Wildman–Crippen LogP) is 3.76. The van der Waals surface area contributed by atoms with Gasteiger partial charge < -0.3 is 9.47 Å². The van der Waals surface area contributed by atoms with Crippen molar-refractivity contribution in [3.63, 3.8) is 0 Å². The molecule has 124 valence electrons. The molecule has 0 aliphatic rings. The van der Waals surface area contributed by atoms with E-state index in [0.717, 1.165) is 5.75 Å². The van der Waals surface area contributed by atoms with Crippen LogP contribution in [0.15, 0.2) is 61.1 Å². The summed E-state index contributed by atoms with van der Waals surface area (Å²) in [7, 11) is 1.60. The number of methoxy groups -OCH3 is 1. The molecular formula is C18H13FN4O2. The molecule has 0 aliphatic heterocycles. The number of hydrogen-bond acceptors (Lipinski definition) is 5. The molecule has 0 atom stereocenters. The van der Waals surface area contributed by atoms with Crippen LogP contribution in [0.2, 0.25) is 0 Å². The highest BCUT2D eigenvalue weighted by molar-refractivity contribution is 5.81. The van der Waals surface area contributed by atoms with Crippen LogP contribution in [0.4, 0.5) is 4.39 Å². The third-order valence-corrected chi connectivity index (χ3v) is 3.67. The van der Waals surface area contributed by atoms with Gasteiger partial charge in [-0.15, -0.1) is 0 Å². The van der Waals surface area contributed by atoms with Crippen molar-refractivity contribution < 1.29 is 13.9 Å². The molecule has 0 radical (unpaired) electrons. The van der Waals surface area contributed by atoms with Crippen molar-refractivity contribution in [2.45, 2.75) is 0 Å². The van der Waals surface area contributed by atoms with E-state index < -0.39 is 0 Å². The zero-order valence-corrected chi connectivity index (χ0v) is 13.3. The van der Waals surface area contributed by atoms with E-state index in [1.165, 1.54) is 18.5 Å². The molecule has 6 nitrogen and oxygen atoms in total. The van der Waals surface area contributed by atoms with E-state index in [2.05, 4.69) is 15.1 Å². The summed E-state index contributed by atoms with van der Waals surface area (Å²) in [4.78, 5) is 8.45. The third kappa shape index (κ3) is 2.87. The first kappa shape index (κ1) is 15.1. The Labute approximate surface area is 142 Å². The summed E-state index contributed by atoms with van der Waals surface area (Å²) in [5.74, 6) is 1.45. The number of hydrogen-bond donors (Lipinski definition) is 0. The summed E-state index contributed by atoms with van der Waals surface area (Å²) in [6.45, 7) is 0. The maximum atomic E-state index is 13.1. The molecule has 0 unspecified atom stereocenters. The molecule has 0 aliphatic carbocycles. The SMILES string of the molecule is COc1ccc(Oc2ncnc3c2cnn3-c2ccc(F)cc2)cc1. The van der Waals surface area contributed by atoms with Crippen LogP contribution >= 0.6 is 0 Å². The van der Waals surface area contributed by atoms with Crippen molar-refractivity contribution in [1.82, 2.24) is 19.7 Å². The van der Waals surface area contributed by atoms with Crippen LogP contribution in [0.25, 0.3) is 16.7 Å². The van der Waals surface area contributed by atoms with Gasteiger partial charge in [-0.1, -0.05) is 0 Å². The number of fused-ring (bicyclic) bond motifs is 1. The van der Waals surface area contributed by atoms with Gasteiger partial charge in [0.25, 0.3) is 0 Å². The predicted molar refractivity (Wildman–Crippen MR) is 89.7 cm³/mol. The molecule has 2 aromatic carbocycles. The van der Waals surface area contributed by atoms with Crippen LogP contribution in [-0.2, 0) is 0 Å². The Bertz CT molecular complexity index is 1010. The van der Waals surface area contributed by atoms with Crippen LogP contribution in [0, 0.1) is 5.82 Å². The number of halogens is 1. The standard InChI is InChI=1S/C18H13FN4O2/c1-24-14-6-8-15(9-7-14)25-18-16-10-22-23(17(16)20-11-21-18)13-4-2-12(19)3-5-13/h2-11H,1H3. The van der Waals surface area contributed by atoms with Crippen molar-refractivity contribution in [2.24, 2.45) is 0 Å². The highest BCUT2D eigenvalue weighted by Gasteiger charge is 2.13. The number of aromatic nitrogens is 4. The van der Waals surface area contributed by atoms with Gasteiger partial charge in [0.2, 0.25) is 5.88 Å². The van der Waals surface area contributed by atoms with E-state index >= 15 is 0 Å². The fourth-order valence-corrected chi connectivity index (χ4v) is 2.43. The second kappa shape index (κ2) is 6.20. The molecule has 25 heavy (non-hydrogen) atoms. The zero-order valence-electron chi connectivity index (χ0n) is 13.3. The topological polar surface area (TPSA) is 62.1 Å². The lowest BCUT2D eigenvalue weighted by Crippen LogP contribution is -1.98. The van der Waals surface area contributed by atoms with Crippen molar-refractivity contribution in [3.05, 3.63) is 66.9 Å². The summed E-state index contributed by atoms with van der Waals surface area (Å²) in [6.07, 6.45) is 3.03. The number of benzene rings is 2. The molecule has 0 amide bonds. The van der Waals surface area contributed by atoms with Crippen LogP contribution in [0.3, 0.4) is 0 Å². The highest BCUT2D eigenvalue weighted by atomic mass is 19.1. The van der Waals surface area contributed by atoms with Gasteiger partial charge in [-0.2, -0.15) is 5.10 Å². The number of ether oxygens (including phenoxy) is 2.